The summed E-state index contributed by atoms with van der Waals surface area (Å²) in [6.07, 6.45) is 0. The van der Waals surface area contributed by atoms with Gasteiger partial charge in [0.15, 0.2) is 0 Å². The third kappa shape index (κ3) is 2.77. The number of aryl methyl sites for hydroxylation is 2. The summed E-state index contributed by atoms with van der Waals surface area (Å²) >= 11 is 12.0. The van der Waals surface area contributed by atoms with Crippen LogP contribution in [0.15, 0.2) is 47.3 Å². The third-order valence-electron chi connectivity index (χ3n) is 3.80. The lowest BCUT2D eigenvalue weighted by atomic mass is 10.1. The fourth-order valence-electron chi connectivity index (χ4n) is 2.64. The summed E-state index contributed by atoms with van der Waals surface area (Å²) in [5, 5.41) is 2.10. The van der Waals surface area contributed by atoms with Crippen molar-refractivity contribution in [1.82, 2.24) is 4.57 Å². The molecule has 0 aliphatic heterocycles. The number of aromatic nitrogens is 1. The van der Waals surface area contributed by atoms with Crippen LogP contribution in [0.5, 0.6) is 0 Å². The highest BCUT2D eigenvalue weighted by Crippen LogP contribution is 2.24. The fourth-order valence-corrected chi connectivity index (χ4v) is 2.96. The van der Waals surface area contributed by atoms with Crippen LogP contribution in [-0.2, 0) is 6.54 Å². The highest BCUT2D eigenvalue weighted by molar-refractivity contribution is 6.42. The number of benzene rings is 2. The summed E-state index contributed by atoms with van der Waals surface area (Å²) in [4.78, 5) is 12.4. The predicted octanol–water partition coefficient (Wildman–Crippen LogP) is 4.97. The number of fused-ring (bicyclic) bond motifs is 1. The first-order chi connectivity index (χ1) is 10.5. The van der Waals surface area contributed by atoms with E-state index in [1.54, 1.807) is 22.8 Å². The Hall–Kier alpha value is -1.77. The maximum absolute atomic E-state index is 12.4. The molecule has 0 bridgehead atoms. The number of pyridine rings is 1. The number of hydrogen-bond acceptors (Lipinski definition) is 1. The van der Waals surface area contributed by atoms with E-state index in [0.717, 1.165) is 27.6 Å². The van der Waals surface area contributed by atoms with Crippen molar-refractivity contribution in [3.05, 3.63) is 79.6 Å². The molecule has 2 nitrogen and oxygen atoms in total. The van der Waals surface area contributed by atoms with Crippen LogP contribution in [0.3, 0.4) is 0 Å². The molecule has 112 valence electrons. The smallest absolute Gasteiger partial charge is 0.251 e. The second-order valence-electron chi connectivity index (χ2n) is 5.52. The van der Waals surface area contributed by atoms with Crippen LogP contribution in [0.4, 0.5) is 0 Å². The molecule has 0 aliphatic carbocycles. The molecule has 0 spiro atoms. The van der Waals surface area contributed by atoms with Gasteiger partial charge in [-0.25, -0.2) is 0 Å². The lowest BCUT2D eigenvalue weighted by Gasteiger charge is -2.13. The molecule has 0 N–H and O–H groups in total. The van der Waals surface area contributed by atoms with E-state index in [0.29, 0.717) is 16.6 Å². The molecule has 0 aliphatic rings. The molecule has 22 heavy (non-hydrogen) atoms. The number of halogens is 2. The Morgan fingerprint density at radius 1 is 0.955 bits per heavy atom. The van der Waals surface area contributed by atoms with Gasteiger partial charge in [0.2, 0.25) is 0 Å². The van der Waals surface area contributed by atoms with E-state index in [1.165, 1.54) is 0 Å². The largest absolute Gasteiger partial charge is 0.304 e. The normalized spacial score (nSPS) is 11.1. The minimum absolute atomic E-state index is 0.0123. The molecule has 0 unspecified atom stereocenters. The zero-order valence-corrected chi connectivity index (χ0v) is 13.9. The van der Waals surface area contributed by atoms with Crippen molar-refractivity contribution in [2.45, 2.75) is 20.4 Å². The monoisotopic (exact) mass is 331 g/mol. The third-order valence-corrected chi connectivity index (χ3v) is 4.54. The molecule has 0 saturated heterocycles. The van der Waals surface area contributed by atoms with E-state index in [-0.39, 0.29) is 5.56 Å². The van der Waals surface area contributed by atoms with Gasteiger partial charge in [-0.1, -0.05) is 41.4 Å². The van der Waals surface area contributed by atoms with Gasteiger partial charge in [-0.2, -0.15) is 0 Å². The Bertz CT molecular complexity index is 928. The number of nitrogens with zero attached hydrogens (tertiary/aromatic N) is 1. The van der Waals surface area contributed by atoms with Crippen LogP contribution in [-0.4, -0.2) is 4.57 Å². The van der Waals surface area contributed by atoms with Gasteiger partial charge in [-0.05, 0) is 48.7 Å². The maximum atomic E-state index is 12.4. The van der Waals surface area contributed by atoms with Gasteiger partial charge in [0.05, 0.1) is 22.1 Å². The zero-order chi connectivity index (χ0) is 15.9. The van der Waals surface area contributed by atoms with Crippen LogP contribution in [0.2, 0.25) is 10.0 Å². The molecule has 1 heterocycles. The van der Waals surface area contributed by atoms with E-state index < -0.39 is 0 Å². The van der Waals surface area contributed by atoms with Gasteiger partial charge >= 0.3 is 0 Å². The molecule has 0 saturated carbocycles. The molecule has 0 radical (unpaired) electrons. The first-order valence-corrected chi connectivity index (χ1v) is 7.76. The molecular weight excluding hydrogens is 317 g/mol. The van der Waals surface area contributed by atoms with Gasteiger partial charge in [0.1, 0.15) is 0 Å². The Morgan fingerprint density at radius 2 is 1.73 bits per heavy atom. The minimum atomic E-state index is -0.0123. The number of rotatable bonds is 2. The summed E-state index contributed by atoms with van der Waals surface area (Å²) < 4.78 is 1.77. The average molecular weight is 332 g/mol. The summed E-state index contributed by atoms with van der Waals surface area (Å²) in [7, 11) is 0. The van der Waals surface area contributed by atoms with Crippen molar-refractivity contribution < 1.29 is 0 Å². The second kappa shape index (κ2) is 5.79. The summed E-state index contributed by atoms with van der Waals surface area (Å²) in [6, 6.07) is 13.3. The molecule has 0 amide bonds. The number of hydrogen-bond donors (Lipinski definition) is 0. The van der Waals surface area contributed by atoms with Crippen molar-refractivity contribution in [2.24, 2.45) is 0 Å². The standard InChI is InChI=1S/C18H15Cl2NO/c1-11-3-5-14-12(2)8-18(22)21(17(14)7-11)10-13-4-6-15(19)16(20)9-13/h3-9H,10H2,1-2H3. The molecule has 2 aromatic carbocycles. The molecule has 3 rings (SSSR count). The van der Waals surface area contributed by atoms with Gasteiger partial charge in [-0.3, -0.25) is 4.79 Å². The van der Waals surface area contributed by atoms with Gasteiger partial charge < -0.3 is 4.57 Å². The average Bonchev–Trinajstić information content (AvgIpc) is 2.47. The van der Waals surface area contributed by atoms with Crippen LogP contribution in [0.25, 0.3) is 10.9 Å². The van der Waals surface area contributed by atoms with Crippen molar-refractivity contribution in [1.29, 1.82) is 0 Å². The lowest BCUT2D eigenvalue weighted by molar-refractivity contribution is 0.793. The molecule has 4 heteroatoms. The highest BCUT2D eigenvalue weighted by Gasteiger charge is 2.08. The molecule has 0 fully saturated rings. The Labute approximate surface area is 138 Å². The van der Waals surface area contributed by atoms with Gasteiger partial charge in [-0.15, -0.1) is 0 Å². The van der Waals surface area contributed by atoms with Crippen LogP contribution in [0, 0.1) is 13.8 Å². The quantitative estimate of drug-likeness (QED) is 0.649. The lowest BCUT2D eigenvalue weighted by Crippen LogP contribution is -2.21. The van der Waals surface area contributed by atoms with E-state index in [4.69, 9.17) is 23.2 Å². The van der Waals surface area contributed by atoms with Crippen molar-refractivity contribution in [3.63, 3.8) is 0 Å². The summed E-state index contributed by atoms with van der Waals surface area (Å²) in [5.74, 6) is 0. The van der Waals surface area contributed by atoms with Crippen molar-refractivity contribution >= 4 is 34.1 Å². The van der Waals surface area contributed by atoms with E-state index in [9.17, 15) is 4.79 Å². The Kier molecular flexibility index (Phi) is 3.98. The van der Waals surface area contributed by atoms with E-state index in [1.807, 2.05) is 26.0 Å². The highest BCUT2D eigenvalue weighted by atomic mass is 35.5. The molecule has 1 aromatic heterocycles. The van der Waals surface area contributed by atoms with E-state index in [2.05, 4.69) is 12.1 Å². The van der Waals surface area contributed by atoms with Crippen molar-refractivity contribution in [3.8, 4) is 0 Å². The SMILES string of the molecule is Cc1ccc2c(C)cc(=O)n(Cc3ccc(Cl)c(Cl)c3)c2c1. The first kappa shape index (κ1) is 15.1. The van der Waals surface area contributed by atoms with Crippen molar-refractivity contribution in [2.75, 3.05) is 0 Å². The van der Waals surface area contributed by atoms with Gasteiger partial charge in [0, 0.05) is 11.5 Å². The Morgan fingerprint density at radius 3 is 2.45 bits per heavy atom. The molecule has 0 atom stereocenters. The van der Waals surface area contributed by atoms with Gasteiger partial charge in [0.25, 0.3) is 5.56 Å². The Balaban J connectivity index is 2.19. The fraction of sp³-hybridized carbons (Fsp3) is 0.167. The van der Waals surface area contributed by atoms with Crippen LogP contribution in [0.1, 0.15) is 16.7 Å². The van der Waals surface area contributed by atoms with Crippen LogP contribution < -0.4 is 5.56 Å². The second-order valence-corrected chi connectivity index (χ2v) is 6.34. The summed E-state index contributed by atoms with van der Waals surface area (Å²) in [6.45, 7) is 4.45. The maximum Gasteiger partial charge on any atom is 0.251 e. The summed E-state index contributed by atoms with van der Waals surface area (Å²) in [5.41, 5.74) is 3.99. The minimum Gasteiger partial charge on any atom is -0.304 e. The predicted molar refractivity (Wildman–Crippen MR) is 93.2 cm³/mol. The van der Waals surface area contributed by atoms with Crippen LogP contribution >= 0.6 is 23.2 Å². The first-order valence-electron chi connectivity index (χ1n) is 7.00. The zero-order valence-electron chi connectivity index (χ0n) is 12.4. The molecular formula is C18H15Cl2NO. The molecule has 3 aromatic rings. The van der Waals surface area contributed by atoms with E-state index >= 15 is 0 Å². The topological polar surface area (TPSA) is 22.0 Å².